The van der Waals surface area contributed by atoms with Gasteiger partial charge in [-0.05, 0) is 61.8 Å². The summed E-state index contributed by atoms with van der Waals surface area (Å²) >= 11 is 1.57. The maximum atomic E-state index is 12.7. The molecule has 0 saturated heterocycles. The van der Waals surface area contributed by atoms with Gasteiger partial charge >= 0.3 is 0 Å². The molecule has 2 aromatic rings. The summed E-state index contributed by atoms with van der Waals surface area (Å²) in [7, 11) is 1.62. The number of carbonyl (C=O) groups is 1. The Bertz CT molecular complexity index is 834. The number of Topliss-reactive ketones (excluding diaryl/α,β-unsaturated/α-hetero) is 1. The molecule has 1 aromatic heterocycles. The lowest BCUT2D eigenvalue weighted by Gasteiger charge is -2.35. The van der Waals surface area contributed by atoms with Crippen molar-refractivity contribution in [3.8, 4) is 5.75 Å². The van der Waals surface area contributed by atoms with Crippen molar-refractivity contribution >= 4 is 17.1 Å². The molecule has 0 amide bonds. The number of fused-ring (bicyclic) bond motifs is 2. The highest BCUT2D eigenvalue weighted by Crippen LogP contribution is 2.40. The topological polar surface area (TPSA) is 55.1 Å². The van der Waals surface area contributed by atoms with Crippen LogP contribution in [0.3, 0.4) is 0 Å². The third-order valence-corrected chi connectivity index (χ3v) is 6.86. The molecule has 4 nitrogen and oxygen atoms in total. The average Bonchev–Trinajstić information content (AvgIpc) is 2.94. The van der Waals surface area contributed by atoms with Gasteiger partial charge in [0.2, 0.25) is 0 Å². The quantitative estimate of drug-likeness (QED) is 0.847. The van der Waals surface area contributed by atoms with E-state index >= 15 is 0 Å². The fourth-order valence-electron chi connectivity index (χ4n) is 4.37. The molecule has 4 rings (SSSR count). The van der Waals surface area contributed by atoms with Gasteiger partial charge in [0.1, 0.15) is 5.75 Å². The van der Waals surface area contributed by atoms with E-state index in [9.17, 15) is 4.79 Å². The zero-order valence-corrected chi connectivity index (χ0v) is 15.4. The van der Waals surface area contributed by atoms with Crippen LogP contribution in [0.15, 0.2) is 24.3 Å². The maximum absolute atomic E-state index is 12.7. The van der Waals surface area contributed by atoms with E-state index in [1.165, 1.54) is 36.3 Å². The Morgan fingerprint density at radius 3 is 2.56 bits per heavy atom. The molecule has 1 N–H and O–H groups in total. The molecule has 1 fully saturated rings. The summed E-state index contributed by atoms with van der Waals surface area (Å²) in [6.45, 7) is 0.272. The van der Waals surface area contributed by atoms with Crippen LogP contribution >= 0.6 is 11.3 Å². The van der Waals surface area contributed by atoms with Crippen LogP contribution in [-0.4, -0.2) is 17.5 Å². The van der Waals surface area contributed by atoms with Gasteiger partial charge in [0.25, 0.3) is 0 Å². The van der Waals surface area contributed by atoms with Crippen molar-refractivity contribution in [2.24, 2.45) is 11.8 Å². The number of benzene rings is 1. The first-order chi connectivity index (χ1) is 12.2. The highest BCUT2D eigenvalue weighted by Gasteiger charge is 2.33. The summed E-state index contributed by atoms with van der Waals surface area (Å²) in [5, 5.41) is 8.36. The number of thiazole rings is 1. The number of nitrogens with zero attached hydrogens (tertiary/aromatic N) is 1. The number of ether oxygens (including phenoxy) is 1. The van der Waals surface area contributed by atoms with Crippen LogP contribution in [0.4, 0.5) is 0 Å². The fraction of sp³-hybridized carbons (Fsp3) is 0.500. The Morgan fingerprint density at radius 2 is 1.88 bits per heavy atom. The van der Waals surface area contributed by atoms with E-state index in [2.05, 4.69) is 0 Å². The Kier molecular flexibility index (Phi) is 4.50. The van der Waals surface area contributed by atoms with Crippen LogP contribution in [0.25, 0.3) is 0 Å². The van der Waals surface area contributed by atoms with Crippen LogP contribution in [-0.2, 0) is 19.4 Å². The number of hydrogen-bond donors (Lipinski definition) is 1. The molecule has 2 aliphatic rings. The van der Waals surface area contributed by atoms with E-state index in [1.54, 1.807) is 30.6 Å². The molecule has 25 heavy (non-hydrogen) atoms. The van der Waals surface area contributed by atoms with Gasteiger partial charge in [0, 0.05) is 16.1 Å². The van der Waals surface area contributed by atoms with E-state index in [4.69, 9.17) is 10.1 Å². The van der Waals surface area contributed by atoms with Crippen molar-refractivity contribution in [3.05, 3.63) is 45.2 Å². The molecular weight excluding hydrogens is 332 g/mol. The number of nitrogens with one attached hydrogen (secondary N) is 1. The van der Waals surface area contributed by atoms with Gasteiger partial charge in [0.05, 0.1) is 13.7 Å². The highest BCUT2D eigenvalue weighted by atomic mass is 32.1. The molecule has 2 aliphatic carbocycles. The van der Waals surface area contributed by atoms with Gasteiger partial charge in [-0.1, -0.05) is 12.8 Å². The van der Waals surface area contributed by atoms with Gasteiger partial charge in [-0.25, -0.2) is 0 Å². The monoisotopic (exact) mass is 356 g/mol. The number of ketones is 1. The van der Waals surface area contributed by atoms with Crippen molar-refractivity contribution in [2.75, 3.05) is 7.11 Å². The molecule has 1 heterocycles. The molecule has 0 bridgehead atoms. The molecule has 2 unspecified atom stereocenters. The zero-order valence-electron chi connectivity index (χ0n) is 14.6. The molecule has 132 valence electrons. The van der Waals surface area contributed by atoms with Gasteiger partial charge in [-0.3, -0.25) is 10.2 Å². The number of hydrogen-bond acceptors (Lipinski definition) is 4. The standard InChI is InChI=1S/C20H24N2O2S/c1-24-16-8-6-13(7-9-16)18(23)12-22-17-10-14-4-2-3-5-15(14)11-19(17)25-20(22)21/h6-9,14-15,21H,2-5,10-12H2,1H3. The van der Waals surface area contributed by atoms with Crippen molar-refractivity contribution in [1.29, 1.82) is 5.41 Å². The SMILES string of the molecule is COc1ccc(C(=O)Cn2c3c(sc2=N)CC2CCCCC2C3)cc1. The molecule has 0 radical (unpaired) electrons. The molecular formula is C20H24N2O2S. The summed E-state index contributed by atoms with van der Waals surface area (Å²) in [6.07, 6.45) is 7.48. The van der Waals surface area contributed by atoms with Crippen LogP contribution in [0.2, 0.25) is 0 Å². The predicted octanol–water partition coefficient (Wildman–Crippen LogP) is 3.83. The lowest BCUT2D eigenvalue weighted by Crippen LogP contribution is -2.30. The zero-order chi connectivity index (χ0) is 17.4. The van der Waals surface area contributed by atoms with E-state index < -0.39 is 0 Å². The molecule has 2 atom stereocenters. The third kappa shape index (κ3) is 3.17. The third-order valence-electron chi connectivity index (χ3n) is 5.80. The largest absolute Gasteiger partial charge is 0.497 e. The second-order valence-electron chi connectivity index (χ2n) is 7.23. The van der Waals surface area contributed by atoms with E-state index in [0.717, 1.165) is 30.4 Å². The Hall–Kier alpha value is -1.88. The predicted molar refractivity (Wildman–Crippen MR) is 98.3 cm³/mol. The number of methoxy groups -OCH3 is 1. The first-order valence-corrected chi connectivity index (χ1v) is 9.90. The molecule has 0 spiro atoms. The van der Waals surface area contributed by atoms with Gasteiger partial charge in [-0.15, -0.1) is 11.3 Å². The van der Waals surface area contributed by atoms with Crippen molar-refractivity contribution in [1.82, 2.24) is 4.57 Å². The van der Waals surface area contributed by atoms with Crippen molar-refractivity contribution in [2.45, 2.75) is 45.1 Å². The summed E-state index contributed by atoms with van der Waals surface area (Å²) < 4.78 is 7.11. The van der Waals surface area contributed by atoms with Gasteiger partial charge in [0.15, 0.2) is 10.6 Å². The van der Waals surface area contributed by atoms with E-state index in [1.807, 2.05) is 16.7 Å². The van der Waals surface area contributed by atoms with E-state index in [0.29, 0.717) is 10.4 Å². The van der Waals surface area contributed by atoms with Crippen LogP contribution < -0.4 is 9.54 Å². The average molecular weight is 356 g/mol. The number of rotatable bonds is 4. The Labute approximate surface area is 152 Å². The second kappa shape index (κ2) is 6.79. The Balaban J connectivity index is 1.58. The summed E-state index contributed by atoms with van der Waals surface area (Å²) in [5.74, 6) is 2.36. The first-order valence-electron chi connectivity index (χ1n) is 9.09. The molecule has 1 aromatic carbocycles. The highest BCUT2D eigenvalue weighted by molar-refractivity contribution is 7.09. The maximum Gasteiger partial charge on any atom is 0.182 e. The summed E-state index contributed by atoms with van der Waals surface area (Å²) in [5.41, 5.74) is 1.93. The first kappa shape index (κ1) is 16.6. The second-order valence-corrected chi connectivity index (χ2v) is 8.31. The lowest BCUT2D eigenvalue weighted by molar-refractivity contribution is 0.0968. The normalized spacial score (nSPS) is 22.1. The Morgan fingerprint density at radius 1 is 1.20 bits per heavy atom. The fourth-order valence-corrected chi connectivity index (χ4v) is 5.50. The van der Waals surface area contributed by atoms with Crippen molar-refractivity contribution < 1.29 is 9.53 Å². The smallest absolute Gasteiger partial charge is 0.182 e. The minimum Gasteiger partial charge on any atom is -0.497 e. The van der Waals surface area contributed by atoms with Crippen LogP contribution in [0.1, 0.15) is 46.6 Å². The minimum absolute atomic E-state index is 0.0625. The summed E-state index contributed by atoms with van der Waals surface area (Å²) in [6, 6.07) is 7.24. The summed E-state index contributed by atoms with van der Waals surface area (Å²) in [4.78, 5) is 14.6. The van der Waals surface area contributed by atoms with E-state index in [-0.39, 0.29) is 12.3 Å². The molecule has 0 aliphatic heterocycles. The lowest BCUT2D eigenvalue weighted by atomic mass is 9.72. The number of carbonyl (C=O) groups excluding carboxylic acids is 1. The van der Waals surface area contributed by atoms with Gasteiger partial charge in [-0.2, -0.15) is 0 Å². The molecule has 1 saturated carbocycles. The van der Waals surface area contributed by atoms with Crippen molar-refractivity contribution in [3.63, 3.8) is 0 Å². The van der Waals surface area contributed by atoms with Gasteiger partial charge < -0.3 is 9.30 Å². The minimum atomic E-state index is 0.0625. The molecule has 5 heteroatoms. The van der Waals surface area contributed by atoms with Crippen LogP contribution in [0, 0.1) is 17.2 Å². The van der Waals surface area contributed by atoms with Crippen LogP contribution in [0.5, 0.6) is 5.75 Å². The number of aromatic nitrogens is 1.